The number of anilines is 1. The quantitative estimate of drug-likeness (QED) is 0.843. The minimum absolute atomic E-state index is 0.0713. The van der Waals surface area contributed by atoms with Gasteiger partial charge in [0.2, 0.25) is 0 Å². The molecule has 2 aromatic carbocycles. The van der Waals surface area contributed by atoms with Crippen molar-refractivity contribution < 1.29 is 9.59 Å². The van der Waals surface area contributed by atoms with Crippen molar-refractivity contribution in [2.75, 3.05) is 18.5 Å². The number of hydrogen-bond donors (Lipinski definition) is 1. The van der Waals surface area contributed by atoms with E-state index >= 15 is 0 Å². The molecule has 0 spiro atoms. The van der Waals surface area contributed by atoms with Gasteiger partial charge in [0.25, 0.3) is 5.91 Å². The van der Waals surface area contributed by atoms with Gasteiger partial charge in [0.15, 0.2) is 0 Å². The van der Waals surface area contributed by atoms with Crippen molar-refractivity contribution in [3.05, 3.63) is 75.9 Å². The van der Waals surface area contributed by atoms with Crippen LogP contribution in [0.25, 0.3) is 0 Å². The molecule has 0 bridgehead atoms. The van der Waals surface area contributed by atoms with Gasteiger partial charge in [0, 0.05) is 17.2 Å². The van der Waals surface area contributed by atoms with E-state index < -0.39 is 6.04 Å². The molecule has 2 heterocycles. The molecule has 2 aliphatic rings. The number of likely N-dealkylation sites (N-methyl/N-ethyl adjacent to an activating group) is 1. The summed E-state index contributed by atoms with van der Waals surface area (Å²) in [5, 5.41) is 2.94. The van der Waals surface area contributed by atoms with Crippen molar-refractivity contribution in [3.8, 4) is 0 Å². The second kappa shape index (κ2) is 6.04. The van der Waals surface area contributed by atoms with Crippen LogP contribution in [0.5, 0.6) is 0 Å². The molecule has 0 radical (unpaired) electrons. The van der Waals surface area contributed by atoms with Gasteiger partial charge in [-0.25, -0.2) is 4.79 Å². The highest BCUT2D eigenvalue weighted by Gasteiger charge is 2.43. The van der Waals surface area contributed by atoms with Gasteiger partial charge in [0.1, 0.15) is 0 Å². The van der Waals surface area contributed by atoms with Crippen molar-refractivity contribution in [1.82, 2.24) is 10.2 Å². The Hall–Kier alpha value is -2.60. The Morgan fingerprint density at radius 2 is 1.72 bits per heavy atom. The van der Waals surface area contributed by atoms with Gasteiger partial charge in [-0.05, 0) is 29.8 Å². The third kappa shape index (κ3) is 2.62. The third-order valence-corrected chi connectivity index (χ3v) is 5.16. The first-order valence-corrected chi connectivity index (χ1v) is 8.75. The molecule has 1 atom stereocenters. The lowest BCUT2D eigenvalue weighted by atomic mass is 9.96. The first-order valence-electron chi connectivity index (χ1n) is 7.96. The molecule has 2 aliphatic heterocycles. The van der Waals surface area contributed by atoms with E-state index in [1.807, 2.05) is 54.6 Å². The topological polar surface area (TPSA) is 52.7 Å². The van der Waals surface area contributed by atoms with Gasteiger partial charge in [0.05, 0.1) is 23.9 Å². The zero-order chi connectivity index (χ0) is 17.6. The SMILES string of the molecule is CN1C(=O)N[C@@H](c2ccccc2)C2=C1CN(c1ccc(Br)cc1)C2=O. The molecule has 5 nitrogen and oxygen atoms in total. The van der Waals surface area contributed by atoms with E-state index in [2.05, 4.69) is 21.2 Å². The molecule has 2 aromatic rings. The van der Waals surface area contributed by atoms with Crippen LogP contribution in [-0.2, 0) is 4.79 Å². The lowest BCUT2D eigenvalue weighted by molar-refractivity contribution is -0.114. The third-order valence-electron chi connectivity index (χ3n) is 4.63. The van der Waals surface area contributed by atoms with Gasteiger partial charge in [-0.15, -0.1) is 0 Å². The number of rotatable bonds is 2. The summed E-state index contributed by atoms with van der Waals surface area (Å²) < 4.78 is 0.955. The Kier molecular flexibility index (Phi) is 3.84. The van der Waals surface area contributed by atoms with E-state index in [0.29, 0.717) is 12.1 Å². The summed E-state index contributed by atoms with van der Waals surface area (Å²) in [7, 11) is 1.70. The smallest absolute Gasteiger partial charge is 0.322 e. The van der Waals surface area contributed by atoms with Crippen LogP contribution in [0, 0.1) is 0 Å². The average Bonchev–Trinajstić information content (AvgIpc) is 2.97. The fraction of sp³-hybridized carbons (Fsp3) is 0.158. The lowest BCUT2D eigenvalue weighted by Crippen LogP contribution is -2.45. The standard InChI is InChI=1S/C19H16BrN3O2/c1-22-15-11-23(14-9-7-13(20)8-10-14)18(24)16(15)17(21-19(22)25)12-5-3-2-4-6-12/h2-10,17H,11H2,1H3,(H,21,25)/t17-/m0/s1. The summed E-state index contributed by atoms with van der Waals surface area (Å²) in [5.74, 6) is -0.0713. The normalized spacial score (nSPS) is 20.0. The summed E-state index contributed by atoms with van der Waals surface area (Å²) in [6.45, 7) is 0.392. The zero-order valence-corrected chi connectivity index (χ0v) is 15.2. The van der Waals surface area contributed by atoms with Crippen molar-refractivity contribution in [2.45, 2.75) is 6.04 Å². The van der Waals surface area contributed by atoms with Crippen molar-refractivity contribution in [2.24, 2.45) is 0 Å². The number of hydrogen-bond acceptors (Lipinski definition) is 2. The summed E-state index contributed by atoms with van der Waals surface area (Å²) in [5.41, 5.74) is 3.11. The first kappa shape index (κ1) is 15.9. The molecular formula is C19H16BrN3O2. The molecule has 0 aliphatic carbocycles. The maximum Gasteiger partial charge on any atom is 0.322 e. The van der Waals surface area contributed by atoms with Crippen LogP contribution in [0.2, 0.25) is 0 Å². The molecule has 0 unspecified atom stereocenters. The minimum atomic E-state index is -0.423. The Morgan fingerprint density at radius 1 is 1.04 bits per heavy atom. The highest BCUT2D eigenvalue weighted by atomic mass is 79.9. The Bertz CT molecular complexity index is 877. The summed E-state index contributed by atoms with van der Waals surface area (Å²) in [6, 6.07) is 16.6. The monoisotopic (exact) mass is 397 g/mol. The van der Waals surface area contributed by atoms with E-state index in [4.69, 9.17) is 0 Å². The van der Waals surface area contributed by atoms with Crippen LogP contribution in [0.4, 0.5) is 10.5 Å². The average molecular weight is 398 g/mol. The molecule has 0 saturated heterocycles. The molecular weight excluding hydrogens is 382 g/mol. The molecule has 0 saturated carbocycles. The zero-order valence-electron chi connectivity index (χ0n) is 13.6. The fourth-order valence-electron chi connectivity index (χ4n) is 3.29. The second-order valence-corrected chi connectivity index (χ2v) is 7.00. The predicted octanol–water partition coefficient (Wildman–Crippen LogP) is 3.45. The van der Waals surface area contributed by atoms with Gasteiger partial charge >= 0.3 is 6.03 Å². The van der Waals surface area contributed by atoms with E-state index in [1.54, 1.807) is 11.9 Å². The minimum Gasteiger partial charge on any atom is -0.327 e. The largest absolute Gasteiger partial charge is 0.327 e. The van der Waals surface area contributed by atoms with E-state index in [-0.39, 0.29) is 11.9 Å². The molecule has 25 heavy (non-hydrogen) atoms. The Labute approximate surface area is 154 Å². The Balaban J connectivity index is 1.76. The highest BCUT2D eigenvalue weighted by Crippen LogP contribution is 2.37. The number of nitrogens with zero attached hydrogens (tertiary/aromatic N) is 2. The molecule has 4 rings (SSSR count). The van der Waals surface area contributed by atoms with Gasteiger partial charge in [-0.3, -0.25) is 9.69 Å². The second-order valence-electron chi connectivity index (χ2n) is 6.08. The summed E-state index contributed by atoms with van der Waals surface area (Å²) >= 11 is 3.41. The molecule has 1 N–H and O–H groups in total. The van der Waals surface area contributed by atoms with Crippen LogP contribution in [-0.4, -0.2) is 30.4 Å². The van der Waals surface area contributed by atoms with E-state index in [9.17, 15) is 9.59 Å². The lowest BCUT2D eigenvalue weighted by Gasteiger charge is -2.31. The van der Waals surface area contributed by atoms with Crippen LogP contribution in [0.15, 0.2) is 70.3 Å². The first-order chi connectivity index (χ1) is 12.1. The number of benzene rings is 2. The van der Waals surface area contributed by atoms with E-state index in [1.165, 1.54) is 4.90 Å². The fourth-order valence-corrected chi connectivity index (χ4v) is 3.56. The van der Waals surface area contributed by atoms with Crippen LogP contribution in [0.1, 0.15) is 11.6 Å². The number of halogens is 1. The summed E-state index contributed by atoms with van der Waals surface area (Å²) in [6.07, 6.45) is 0. The van der Waals surface area contributed by atoms with Crippen LogP contribution >= 0.6 is 15.9 Å². The van der Waals surface area contributed by atoms with Gasteiger partial charge < -0.3 is 10.2 Å². The van der Waals surface area contributed by atoms with Gasteiger partial charge in [-0.2, -0.15) is 0 Å². The molecule has 0 aromatic heterocycles. The maximum atomic E-state index is 13.1. The number of amides is 3. The van der Waals surface area contributed by atoms with Crippen molar-refractivity contribution in [1.29, 1.82) is 0 Å². The molecule has 0 fully saturated rings. The number of nitrogens with one attached hydrogen (secondary N) is 1. The van der Waals surface area contributed by atoms with Crippen molar-refractivity contribution in [3.63, 3.8) is 0 Å². The van der Waals surface area contributed by atoms with Gasteiger partial charge in [-0.1, -0.05) is 46.3 Å². The predicted molar refractivity (Wildman–Crippen MR) is 99.0 cm³/mol. The molecule has 6 heteroatoms. The maximum absolute atomic E-state index is 13.1. The summed E-state index contributed by atoms with van der Waals surface area (Å²) in [4.78, 5) is 28.7. The van der Waals surface area contributed by atoms with Crippen molar-refractivity contribution >= 4 is 33.6 Å². The van der Waals surface area contributed by atoms with E-state index in [0.717, 1.165) is 21.4 Å². The highest BCUT2D eigenvalue weighted by molar-refractivity contribution is 9.10. The number of carbonyl (C=O) groups is 2. The number of urea groups is 1. The van der Waals surface area contributed by atoms with Crippen LogP contribution < -0.4 is 10.2 Å². The Morgan fingerprint density at radius 3 is 2.40 bits per heavy atom. The number of carbonyl (C=O) groups excluding carboxylic acids is 2. The van der Waals surface area contributed by atoms with Crippen LogP contribution in [0.3, 0.4) is 0 Å². The molecule has 126 valence electrons. The molecule has 3 amide bonds.